The molecule has 1 amide bonds. The van der Waals surface area contributed by atoms with Crippen LogP contribution >= 0.6 is 0 Å². The molecule has 2 fully saturated rings. The van der Waals surface area contributed by atoms with E-state index in [0.29, 0.717) is 0 Å². The summed E-state index contributed by atoms with van der Waals surface area (Å²) in [5.41, 5.74) is 0.654. The summed E-state index contributed by atoms with van der Waals surface area (Å²) in [5.74, 6) is 1.87. The Bertz CT molecular complexity index is 884. The van der Waals surface area contributed by atoms with E-state index in [1.54, 1.807) is 11.1 Å². The summed E-state index contributed by atoms with van der Waals surface area (Å²) in [4.78, 5) is 21.8. The zero-order valence-electron chi connectivity index (χ0n) is 17.6. The summed E-state index contributed by atoms with van der Waals surface area (Å²) < 4.78 is 1.99. The monoisotopic (exact) mass is 398 g/mol. The van der Waals surface area contributed by atoms with Crippen LogP contribution in [0.4, 0.5) is 16.4 Å². The lowest BCUT2D eigenvalue weighted by molar-refractivity contribution is 0.0955. The molecule has 2 aromatic heterocycles. The Morgan fingerprint density at radius 2 is 2.10 bits per heavy atom. The van der Waals surface area contributed by atoms with Crippen molar-refractivity contribution in [3.63, 3.8) is 0 Å². The minimum absolute atomic E-state index is 0.0723. The van der Waals surface area contributed by atoms with E-state index in [1.807, 2.05) is 10.7 Å². The maximum absolute atomic E-state index is 11.9. The van der Waals surface area contributed by atoms with Gasteiger partial charge in [0, 0.05) is 29.8 Å². The van der Waals surface area contributed by atoms with Gasteiger partial charge in [-0.15, -0.1) is 0 Å². The lowest BCUT2D eigenvalue weighted by atomic mass is 10.0. The van der Waals surface area contributed by atoms with Gasteiger partial charge in [-0.05, 0) is 65.9 Å². The van der Waals surface area contributed by atoms with Crippen molar-refractivity contribution in [1.82, 2.24) is 24.6 Å². The Hall–Kier alpha value is -2.64. The molecule has 0 spiro atoms. The number of carbonyl (C=O) groups is 1. The van der Waals surface area contributed by atoms with Crippen LogP contribution in [0.2, 0.25) is 0 Å². The Kier molecular flexibility index (Phi) is 4.75. The molecule has 2 N–H and O–H groups in total. The zero-order valence-corrected chi connectivity index (χ0v) is 17.6. The van der Waals surface area contributed by atoms with Crippen LogP contribution in [0.25, 0.3) is 0 Å². The van der Waals surface area contributed by atoms with Crippen LogP contribution in [-0.2, 0) is 5.54 Å². The number of nitrogens with zero attached hydrogens (tertiary/aromatic N) is 5. The van der Waals surface area contributed by atoms with E-state index < -0.39 is 6.09 Å². The van der Waals surface area contributed by atoms with Crippen molar-refractivity contribution in [3.8, 4) is 0 Å². The Morgan fingerprint density at radius 1 is 1.34 bits per heavy atom. The topological polar surface area (TPSA) is 96.2 Å². The fraction of sp³-hybridized carbons (Fsp3) is 0.619. The van der Waals surface area contributed by atoms with Gasteiger partial charge in [0.1, 0.15) is 18.0 Å². The Labute approximate surface area is 171 Å². The van der Waals surface area contributed by atoms with Crippen LogP contribution in [-0.4, -0.2) is 47.4 Å². The molecule has 2 heterocycles. The molecular formula is C21H30N6O2. The zero-order chi connectivity index (χ0) is 20.8. The number of hydrogen-bond acceptors (Lipinski definition) is 5. The molecule has 0 aromatic carbocycles. The van der Waals surface area contributed by atoms with Gasteiger partial charge < -0.3 is 10.4 Å². The Morgan fingerprint density at radius 3 is 2.69 bits per heavy atom. The van der Waals surface area contributed by atoms with Crippen LogP contribution in [0.15, 0.2) is 24.7 Å². The first-order valence-electron chi connectivity index (χ1n) is 10.3. The second-order valence-corrected chi connectivity index (χ2v) is 9.57. The predicted octanol–water partition coefficient (Wildman–Crippen LogP) is 4.34. The molecule has 0 bridgehead atoms. The average molecular weight is 399 g/mol. The van der Waals surface area contributed by atoms with E-state index in [4.69, 9.17) is 5.10 Å². The maximum atomic E-state index is 11.9. The molecule has 2 aromatic rings. The molecule has 4 rings (SSSR count). The second-order valence-electron chi connectivity index (χ2n) is 9.57. The number of amides is 1. The molecule has 2 aliphatic rings. The van der Waals surface area contributed by atoms with Gasteiger partial charge in [-0.25, -0.2) is 19.4 Å². The highest BCUT2D eigenvalue weighted by Crippen LogP contribution is 2.47. The molecule has 8 nitrogen and oxygen atoms in total. The van der Waals surface area contributed by atoms with Gasteiger partial charge in [-0.3, -0.25) is 4.90 Å². The molecule has 0 radical (unpaired) electrons. The first-order valence-corrected chi connectivity index (χ1v) is 10.3. The largest absolute Gasteiger partial charge is 0.465 e. The highest BCUT2D eigenvalue weighted by atomic mass is 16.4. The van der Waals surface area contributed by atoms with Crippen LogP contribution in [0.5, 0.6) is 0 Å². The van der Waals surface area contributed by atoms with Crippen molar-refractivity contribution in [3.05, 3.63) is 30.4 Å². The number of anilines is 2. The van der Waals surface area contributed by atoms with E-state index >= 15 is 0 Å². The number of carboxylic acid groups (broad SMARTS) is 1. The van der Waals surface area contributed by atoms with Crippen molar-refractivity contribution in [2.45, 2.75) is 82.8 Å². The summed E-state index contributed by atoms with van der Waals surface area (Å²) in [6, 6.07) is 3.99. The summed E-state index contributed by atoms with van der Waals surface area (Å²) >= 11 is 0. The van der Waals surface area contributed by atoms with Crippen molar-refractivity contribution >= 4 is 17.7 Å². The van der Waals surface area contributed by atoms with E-state index in [1.165, 1.54) is 6.33 Å². The molecule has 8 heteroatoms. The minimum atomic E-state index is -0.790. The highest BCUT2D eigenvalue weighted by molar-refractivity contribution is 5.67. The highest BCUT2D eigenvalue weighted by Gasteiger charge is 2.50. The van der Waals surface area contributed by atoms with Gasteiger partial charge in [-0.2, -0.15) is 5.10 Å². The molecule has 29 heavy (non-hydrogen) atoms. The molecular weight excluding hydrogens is 368 g/mol. The van der Waals surface area contributed by atoms with Gasteiger partial charge in [-0.1, -0.05) is 0 Å². The van der Waals surface area contributed by atoms with E-state index in [0.717, 1.165) is 49.4 Å². The van der Waals surface area contributed by atoms with Crippen molar-refractivity contribution < 1.29 is 9.90 Å². The molecule has 0 unspecified atom stereocenters. The van der Waals surface area contributed by atoms with Crippen LogP contribution in [0, 0.1) is 0 Å². The van der Waals surface area contributed by atoms with Crippen molar-refractivity contribution in [2.24, 2.45) is 0 Å². The molecule has 156 valence electrons. The second kappa shape index (κ2) is 7.00. The van der Waals surface area contributed by atoms with Crippen LogP contribution in [0.3, 0.4) is 0 Å². The lowest BCUT2D eigenvalue weighted by Crippen LogP contribution is -2.45. The summed E-state index contributed by atoms with van der Waals surface area (Å²) in [7, 11) is 0. The van der Waals surface area contributed by atoms with Crippen molar-refractivity contribution in [2.75, 3.05) is 5.32 Å². The normalized spacial score (nSPS) is 23.0. The first-order chi connectivity index (χ1) is 13.7. The van der Waals surface area contributed by atoms with Gasteiger partial charge in [0.25, 0.3) is 0 Å². The predicted molar refractivity (Wildman–Crippen MR) is 110 cm³/mol. The smallest absolute Gasteiger partial charge is 0.408 e. The van der Waals surface area contributed by atoms with E-state index in [-0.39, 0.29) is 23.0 Å². The standard InChI is InChI=1S/C21H30N6O2/c1-20(2,3)27-18(24-17-7-10-22-13-23-17)12-16(25-27)14-5-6-15(11-14)26(19(28)29)21(4)8-9-21/h7,10,12-15H,5-6,8-9,11H2,1-4H3,(H,28,29)(H,22,23,24)/t14-,15+/m0/s1. The molecule has 2 atom stereocenters. The molecule has 0 saturated heterocycles. The van der Waals surface area contributed by atoms with Gasteiger partial charge in [0.15, 0.2) is 0 Å². The average Bonchev–Trinajstić information content (AvgIpc) is 3.06. The summed E-state index contributed by atoms with van der Waals surface area (Å²) in [6.45, 7) is 8.41. The molecule has 0 aliphatic heterocycles. The fourth-order valence-corrected chi connectivity index (χ4v) is 4.41. The Balaban J connectivity index is 1.57. The third-order valence-electron chi connectivity index (χ3n) is 6.15. The number of rotatable bonds is 5. The van der Waals surface area contributed by atoms with Crippen LogP contribution < -0.4 is 5.32 Å². The van der Waals surface area contributed by atoms with E-state index in [9.17, 15) is 9.90 Å². The lowest BCUT2D eigenvalue weighted by Gasteiger charge is -2.32. The van der Waals surface area contributed by atoms with Gasteiger partial charge >= 0.3 is 6.09 Å². The summed E-state index contributed by atoms with van der Waals surface area (Å²) in [5, 5.41) is 18.0. The van der Waals surface area contributed by atoms with Crippen LogP contribution in [0.1, 0.15) is 71.4 Å². The quantitative estimate of drug-likeness (QED) is 0.778. The van der Waals surface area contributed by atoms with Gasteiger partial charge in [0.05, 0.1) is 11.2 Å². The maximum Gasteiger partial charge on any atom is 0.408 e. The SMILES string of the molecule is CC1(N(C(=O)O)[C@@H]2CC[C@H](c3cc(Nc4ccncn4)n(C(C)(C)C)n3)C2)CC1. The number of hydrogen-bond donors (Lipinski definition) is 2. The first kappa shape index (κ1) is 19.7. The third kappa shape index (κ3) is 3.93. The van der Waals surface area contributed by atoms with E-state index in [2.05, 4.69) is 49.0 Å². The third-order valence-corrected chi connectivity index (χ3v) is 6.15. The number of nitrogens with one attached hydrogen (secondary N) is 1. The fourth-order valence-electron chi connectivity index (χ4n) is 4.41. The minimum Gasteiger partial charge on any atom is -0.465 e. The number of aromatic nitrogens is 4. The van der Waals surface area contributed by atoms with Crippen molar-refractivity contribution in [1.29, 1.82) is 0 Å². The molecule has 2 saturated carbocycles. The molecule has 2 aliphatic carbocycles. The van der Waals surface area contributed by atoms with Gasteiger partial charge in [0.2, 0.25) is 0 Å². The summed E-state index contributed by atoms with van der Waals surface area (Å²) in [6.07, 6.45) is 7.04.